The number of aromatic nitrogens is 2. The molecule has 2 amide bonds. The third kappa shape index (κ3) is 4.54. The van der Waals surface area contributed by atoms with Crippen molar-refractivity contribution in [3.05, 3.63) is 41.1 Å². The van der Waals surface area contributed by atoms with E-state index < -0.39 is 18.0 Å². The van der Waals surface area contributed by atoms with Crippen LogP contribution in [0.15, 0.2) is 39.9 Å². The van der Waals surface area contributed by atoms with Gasteiger partial charge in [-0.05, 0) is 24.6 Å². The fourth-order valence-corrected chi connectivity index (χ4v) is 4.27. The molecule has 148 valence electrons. The van der Waals surface area contributed by atoms with E-state index in [0.717, 1.165) is 0 Å². The standard InChI is InChI=1S/C17H19N5O4S2/c1-3-26-14(23)12-11(8-27-17-22-21-15(18)28-17)19-16(24)20-13(12)9-5-4-6-10(7-9)25-2/h4-7,13H,3,8H2,1-2H3,(H2,18,21)(H2,19,20,24)/t13-/m1/s1. The molecule has 1 aromatic carbocycles. The molecule has 28 heavy (non-hydrogen) atoms. The topological polar surface area (TPSA) is 128 Å². The van der Waals surface area contributed by atoms with Gasteiger partial charge in [-0.3, -0.25) is 0 Å². The first kappa shape index (κ1) is 20.0. The number of carbonyl (C=O) groups is 2. The Hall–Kier alpha value is -2.79. The molecule has 1 atom stereocenters. The molecule has 3 rings (SSSR count). The van der Waals surface area contributed by atoms with Gasteiger partial charge in [0.25, 0.3) is 0 Å². The van der Waals surface area contributed by atoms with E-state index in [-0.39, 0.29) is 6.61 Å². The van der Waals surface area contributed by atoms with E-state index >= 15 is 0 Å². The van der Waals surface area contributed by atoms with Gasteiger partial charge in [0.05, 0.1) is 25.3 Å². The van der Waals surface area contributed by atoms with Gasteiger partial charge in [-0.1, -0.05) is 35.2 Å². The number of esters is 1. The number of rotatable bonds is 7. The molecule has 0 fully saturated rings. The van der Waals surface area contributed by atoms with Crippen molar-refractivity contribution in [1.82, 2.24) is 20.8 Å². The summed E-state index contributed by atoms with van der Waals surface area (Å²) in [4.78, 5) is 25.0. The Morgan fingerprint density at radius 3 is 2.89 bits per heavy atom. The van der Waals surface area contributed by atoms with Crippen LogP contribution in [-0.2, 0) is 9.53 Å². The van der Waals surface area contributed by atoms with Crippen LogP contribution in [0.4, 0.5) is 9.93 Å². The molecular weight excluding hydrogens is 402 g/mol. The lowest BCUT2D eigenvalue weighted by Crippen LogP contribution is -2.46. The molecule has 2 aromatic rings. The first-order valence-electron chi connectivity index (χ1n) is 8.35. The first-order valence-corrected chi connectivity index (χ1v) is 10.2. The number of nitrogens with zero attached hydrogens (tertiary/aromatic N) is 2. The lowest BCUT2D eigenvalue weighted by Gasteiger charge is -2.29. The largest absolute Gasteiger partial charge is 0.497 e. The van der Waals surface area contributed by atoms with Gasteiger partial charge in [0.15, 0.2) is 4.34 Å². The van der Waals surface area contributed by atoms with E-state index in [0.29, 0.717) is 37.8 Å². The number of thioether (sulfide) groups is 1. The highest BCUT2D eigenvalue weighted by molar-refractivity contribution is 8.01. The van der Waals surface area contributed by atoms with Crippen LogP contribution in [0.1, 0.15) is 18.5 Å². The molecule has 4 N–H and O–H groups in total. The van der Waals surface area contributed by atoms with E-state index in [1.807, 2.05) is 6.07 Å². The molecule has 1 aliphatic rings. The number of nitrogens with two attached hydrogens (primary N) is 1. The van der Waals surface area contributed by atoms with Gasteiger partial charge < -0.3 is 25.8 Å². The molecule has 0 saturated carbocycles. The van der Waals surface area contributed by atoms with Crippen LogP contribution < -0.4 is 21.1 Å². The normalized spacial score (nSPS) is 16.4. The number of nitrogen functional groups attached to an aromatic ring is 1. The molecule has 0 aliphatic carbocycles. The van der Waals surface area contributed by atoms with Gasteiger partial charge >= 0.3 is 12.0 Å². The minimum Gasteiger partial charge on any atom is -0.497 e. The second kappa shape index (κ2) is 8.93. The monoisotopic (exact) mass is 421 g/mol. The van der Waals surface area contributed by atoms with Crippen LogP contribution in [0.3, 0.4) is 0 Å². The second-order valence-electron chi connectivity index (χ2n) is 5.62. The summed E-state index contributed by atoms with van der Waals surface area (Å²) in [5, 5.41) is 13.6. The Morgan fingerprint density at radius 1 is 1.39 bits per heavy atom. The molecule has 9 nitrogen and oxygen atoms in total. The van der Waals surface area contributed by atoms with E-state index in [1.54, 1.807) is 32.2 Å². The van der Waals surface area contributed by atoms with Crippen LogP contribution in [0.25, 0.3) is 0 Å². The minimum atomic E-state index is -0.669. The van der Waals surface area contributed by atoms with Crippen LogP contribution in [-0.4, -0.2) is 41.7 Å². The molecule has 1 aromatic heterocycles. The van der Waals surface area contributed by atoms with Gasteiger partial charge in [-0.15, -0.1) is 10.2 Å². The predicted octanol–water partition coefficient (Wildman–Crippen LogP) is 2.09. The SMILES string of the molecule is CCOC(=O)C1=C(CSc2nnc(N)s2)NC(=O)N[C@@H]1c1cccc(OC)c1. The molecule has 0 bridgehead atoms. The summed E-state index contributed by atoms with van der Waals surface area (Å²) in [5.41, 5.74) is 7.10. The van der Waals surface area contributed by atoms with E-state index in [4.69, 9.17) is 15.2 Å². The summed E-state index contributed by atoms with van der Waals surface area (Å²) >= 11 is 2.56. The zero-order valence-electron chi connectivity index (χ0n) is 15.2. The number of anilines is 1. The van der Waals surface area contributed by atoms with Crippen LogP contribution in [0.2, 0.25) is 0 Å². The summed E-state index contributed by atoms with van der Waals surface area (Å²) in [6.07, 6.45) is 0. The highest BCUT2D eigenvalue weighted by atomic mass is 32.2. The predicted molar refractivity (Wildman–Crippen MR) is 106 cm³/mol. The number of amides is 2. The number of ether oxygens (including phenoxy) is 2. The summed E-state index contributed by atoms with van der Waals surface area (Å²) in [6, 6.07) is 6.09. The fourth-order valence-electron chi connectivity index (χ4n) is 2.67. The molecule has 11 heteroatoms. The summed E-state index contributed by atoms with van der Waals surface area (Å²) < 4.78 is 11.1. The van der Waals surface area contributed by atoms with Gasteiger partial charge in [0.1, 0.15) is 5.75 Å². The molecular formula is C17H19N5O4S2. The van der Waals surface area contributed by atoms with Crippen molar-refractivity contribution in [2.75, 3.05) is 25.2 Å². The lowest BCUT2D eigenvalue weighted by molar-refractivity contribution is -0.139. The lowest BCUT2D eigenvalue weighted by atomic mass is 9.95. The average Bonchev–Trinajstić information content (AvgIpc) is 3.11. The molecule has 0 spiro atoms. The molecule has 0 saturated heterocycles. The third-order valence-corrected chi connectivity index (χ3v) is 5.75. The van der Waals surface area contributed by atoms with Gasteiger partial charge in [-0.25, -0.2) is 9.59 Å². The maximum absolute atomic E-state index is 12.7. The first-order chi connectivity index (χ1) is 13.5. The van der Waals surface area contributed by atoms with Gasteiger partial charge in [0.2, 0.25) is 5.13 Å². The van der Waals surface area contributed by atoms with Crippen molar-refractivity contribution in [1.29, 1.82) is 0 Å². The Balaban J connectivity index is 1.98. The highest BCUT2D eigenvalue weighted by Crippen LogP contribution is 2.32. The van der Waals surface area contributed by atoms with Crippen molar-refractivity contribution < 1.29 is 19.1 Å². The minimum absolute atomic E-state index is 0.217. The zero-order valence-corrected chi connectivity index (χ0v) is 16.9. The number of urea groups is 1. The Kier molecular flexibility index (Phi) is 6.37. The van der Waals surface area contributed by atoms with E-state index in [1.165, 1.54) is 23.1 Å². The smallest absolute Gasteiger partial charge is 0.338 e. The summed E-state index contributed by atoms with van der Waals surface area (Å²) in [5.74, 6) is 0.417. The zero-order chi connectivity index (χ0) is 20.1. The number of hydrogen-bond donors (Lipinski definition) is 3. The number of hydrogen-bond acceptors (Lipinski definition) is 9. The molecule has 2 heterocycles. The third-order valence-electron chi connectivity index (χ3n) is 3.84. The van der Waals surface area contributed by atoms with Crippen molar-refractivity contribution in [3.8, 4) is 5.75 Å². The Labute approximate surface area is 169 Å². The maximum atomic E-state index is 12.7. The maximum Gasteiger partial charge on any atom is 0.338 e. The summed E-state index contributed by atoms with van der Waals surface area (Å²) in [6.45, 7) is 1.95. The van der Waals surface area contributed by atoms with Gasteiger partial charge in [0, 0.05) is 11.4 Å². The van der Waals surface area contributed by atoms with Crippen LogP contribution in [0.5, 0.6) is 5.75 Å². The number of nitrogens with one attached hydrogen (secondary N) is 2. The van der Waals surface area contributed by atoms with Crippen molar-refractivity contribution in [3.63, 3.8) is 0 Å². The van der Waals surface area contributed by atoms with Crippen molar-refractivity contribution in [2.45, 2.75) is 17.3 Å². The molecule has 1 aliphatic heterocycles. The molecule has 0 radical (unpaired) electrons. The van der Waals surface area contributed by atoms with Crippen molar-refractivity contribution in [2.24, 2.45) is 0 Å². The Morgan fingerprint density at radius 2 is 2.21 bits per heavy atom. The number of methoxy groups -OCH3 is 1. The number of benzene rings is 1. The quantitative estimate of drug-likeness (QED) is 0.458. The van der Waals surface area contributed by atoms with E-state index in [2.05, 4.69) is 20.8 Å². The fraction of sp³-hybridized carbons (Fsp3) is 0.294. The van der Waals surface area contributed by atoms with Gasteiger partial charge in [-0.2, -0.15) is 0 Å². The van der Waals surface area contributed by atoms with Crippen LogP contribution in [0, 0.1) is 0 Å². The Bertz CT molecular complexity index is 914. The number of carbonyl (C=O) groups excluding carboxylic acids is 2. The van der Waals surface area contributed by atoms with Crippen molar-refractivity contribution >= 4 is 40.2 Å². The van der Waals surface area contributed by atoms with Crippen LogP contribution >= 0.6 is 23.1 Å². The highest BCUT2D eigenvalue weighted by Gasteiger charge is 2.34. The average molecular weight is 422 g/mol. The summed E-state index contributed by atoms with van der Waals surface area (Å²) in [7, 11) is 1.55. The second-order valence-corrected chi connectivity index (χ2v) is 7.85. The molecule has 0 unspecified atom stereocenters. The van der Waals surface area contributed by atoms with E-state index in [9.17, 15) is 9.59 Å².